The Kier molecular flexibility index (Phi) is 8.91. The number of carbonyl (C=O) groups is 2. The van der Waals surface area contributed by atoms with E-state index >= 15 is 0 Å². The summed E-state index contributed by atoms with van der Waals surface area (Å²) in [6.45, 7) is 5.28. The van der Waals surface area contributed by atoms with Gasteiger partial charge in [-0.1, -0.05) is 54.3 Å². The quantitative estimate of drug-likeness (QED) is 0.263. The molecule has 0 aliphatic carbocycles. The summed E-state index contributed by atoms with van der Waals surface area (Å²) in [7, 11) is 1.35. The summed E-state index contributed by atoms with van der Waals surface area (Å²) in [5.74, 6) is 0.804. The summed E-state index contributed by atoms with van der Waals surface area (Å²) in [4.78, 5) is 26.2. The number of ether oxygens (including phenoxy) is 3. The second kappa shape index (κ2) is 11.9. The Morgan fingerprint density at radius 2 is 1.94 bits per heavy atom. The smallest absolute Gasteiger partial charge is 0.305 e. The summed E-state index contributed by atoms with van der Waals surface area (Å²) in [5.41, 5.74) is 3.09. The Hall–Kier alpha value is -2.84. The summed E-state index contributed by atoms with van der Waals surface area (Å²) in [6.07, 6.45) is 2.54. The number of carbonyl (C=O) groups excluding carboxylic acids is 2. The molecule has 6 nitrogen and oxygen atoms in total. The Labute approximate surface area is 203 Å². The summed E-state index contributed by atoms with van der Waals surface area (Å²) >= 11 is 6.62. The van der Waals surface area contributed by atoms with Gasteiger partial charge in [0.2, 0.25) is 0 Å². The Morgan fingerprint density at radius 3 is 2.67 bits per heavy atom. The van der Waals surface area contributed by atoms with Crippen molar-refractivity contribution in [2.75, 3.05) is 20.3 Å². The van der Waals surface area contributed by atoms with Crippen molar-refractivity contribution in [2.45, 2.75) is 33.3 Å². The third-order valence-electron chi connectivity index (χ3n) is 5.07. The average molecular weight is 486 g/mol. The number of aryl methyl sites for hydroxylation is 1. The van der Waals surface area contributed by atoms with E-state index < -0.39 is 0 Å². The van der Waals surface area contributed by atoms with Crippen LogP contribution >= 0.6 is 24.0 Å². The van der Waals surface area contributed by atoms with Crippen LogP contribution in [0.5, 0.6) is 11.5 Å². The van der Waals surface area contributed by atoms with Crippen molar-refractivity contribution >= 4 is 46.3 Å². The van der Waals surface area contributed by atoms with Crippen molar-refractivity contribution in [1.82, 2.24) is 4.90 Å². The summed E-state index contributed by atoms with van der Waals surface area (Å²) in [5, 5.41) is 0. The number of thioether (sulfide) groups is 1. The second-order valence-electron chi connectivity index (χ2n) is 7.37. The fraction of sp³-hybridized carbons (Fsp3) is 0.320. The highest BCUT2D eigenvalue weighted by Gasteiger charge is 2.31. The molecule has 2 aromatic rings. The minimum Gasteiger partial charge on any atom is -0.490 e. The Morgan fingerprint density at radius 1 is 1.15 bits per heavy atom. The zero-order valence-electron chi connectivity index (χ0n) is 19.0. The van der Waals surface area contributed by atoms with E-state index in [0.717, 1.165) is 11.1 Å². The molecule has 2 aromatic carbocycles. The third kappa shape index (κ3) is 6.58. The van der Waals surface area contributed by atoms with Gasteiger partial charge in [0.05, 0.1) is 18.6 Å². The van der Waals surface area contributed by atoms with Crippen molar-refractivity contribution in [3.63, 3.8) is 0 Å². The molecular weight excluding hydrogens is 458 g/mol. The van der Waals surface area contributed by atoms with Gasteiger partial charge in [0.15, 0.2) is 11.5 Å². The molecule has 1 fully saturated rings. The molecule has 1 saturated heterocycles. The zero-order valence-corrected chi connectivity index (χ0v) is 20.6. The topological polar surface area (TPSA) is 65.1 Å². The van der Waals surface area contributed by atoms with Gasteiger partial charge in [0.25, 0.3) is 5.91 Å². The first kappa shape index (κ1) is 24.8. The van der Waals surface area contributed by atoms with Gasteiger partial charge in [-0.25, -0.2) is 0 Å². The molecule has 0 N–H and O–H groups in total. The van der Waals surface area contributed by atoms with Crippen molar-refractivity contribution in [1.29, 1.82) is 0 Å². The molecule has 0 radical (unpaired) electrons. The molecule has 0 aromatic heterocycles. The number of rotatable bonds is 10. The molecule has 1 aliphatic heterocycles. The SMILES string of the molecule is CCOc1cc(/C=C2\SC(=S)N(CCCC(=O)OC)C2=O)ccc1OCc1ccccc1C. The monoisotopic (exact) mass is 485 g/mol. The van der Waals surface area contributed by atoms with E-state index in [9.17, 15) is 9.59 Å². The first-order valence-electron chi connectivity index (χ1n) is 10.7. The van der Waals surface area contributed by atoms with Crippen LogP contribution in [0, 0.1) is 6.92 Å². The lowest BCUT2D eigenvalue weighted by Crippen LogP contribution is -2.29. The van der Waals surface area contributed by atoms with Crippen LogP contribution in [0.3, 0.4) is 0 Å². The van der Waals surface area contributed by atoms with Crippen LogP contribution in [0.4, 0.5) is 0 Å². The van der Waals surface area contributed by atoms with Crippen LogP contribution in [-0.4, -0.2) is 41.4 Å². The van der Waals surface area contributed by atoms with Crippen LogP contribution in [0.1, 0.15) is 36.5 Å². The van der Waals surface area contributed by atoms with Gasteiger partial charge in [0, 0.05) is 13.0 Å². The lowest BCUT2D eigenvalue weighted by Gasteiger charge is -2.14. The molecule has 0 spiro atoms. The molecule has 33 heavy (non-hydrogen) atoms. The number of hydrogen-bond acceptors (Lipinski definition) is 7. The van der Waals surface area contributed by atoms with E-state index in [2.05, 4.69) is 17.7 Å². The number of esters is 1. The van der Waals surface area contributed by atoms with Crippen LogP contribution in [0.15, 0.2) is 47.4 Å². The zero-order chi connectivity index (χ0) is 23.8. The van der Waals surface area contributed by atoms with Gasteiger partial charge in [-0.15, -0.1) is 0 Å². The van der Waals surface area contributed by atoms with Gasteiger partial charge >= 0.3 is 5.97 Å². The van der Waals surface area contributed by atoms with Crippen molar-refractivity contribution in [2.24, 2.45) is 0 Å². The summed E-state index contributed by atoms with van der Waals surface area (Å²) < 4.78 is 16.9. The lowest BCUT2D eigenvalue weighted by atomic mass is 10.1. The molecule has 0 atom stereocenters. The maximum atomic E-state index is 12.8. The van der Waals surface area contributed by atoms with Crippen LogP contribution in [0.25, 0.3) is 6.08 Å². The van der Waals surface area contributed by atoms with Gasteiger partial charge in [0.1, 0.15) is 10.9 Å². The van der Waals surface area contributed by atoms with Crippen LogP contribution < -0.4 is 9.47 Å². The number of benzene rings is 2. The largest absolute Gasteiger partial charge is 0.490 e. The van der Waals surface area contributed by atoms with Gasteiger partial charge in [-0.3, -0.25) is 14.5 Å². The van der Waals surface area contributed by atoms with E-state index in [-0.39, 0.29) is 18.3 Å². The van der Waals surface area contributed by atoms with E-state index in [1.54, 1.807) is 6.08 Å². The molecular formula is C25H27NO5S2. The molecule has 8 heteroatoms. The maximum Gasteiger partial charge on any atom is 0.305 e. The molecule has 0 bridgehead atoms. The lowest BCUT2D eigenvalue weighted by molar-refractivity contribution is -0.141. The third-order valence-corrected chi connectivity index (χ3v) is 6.45. The van der Waals surface area contributed by atoms with Crippen LogP contribution in [0.2, 0.25) is 0 Å². The van der Waals surface area contributed by atoms with Crippen molar-refractivity contribution < 1.29 is 23.8 Å². The van der Waals surface area contributed by atoms with Gasteiger partial charge in [-0.05, 0) is 55.2 Å². The van der Waals surface area contributed by atoms with E-state index in [0.29, 0.717) is 46.9 Å². The standard InChI is InChI=1S/C25H27NO5S2/c1-4-30-21-14-18(11-12-20(21)31-16-19-9-6-5-8-17(19)2)15-22-24(28)26(25(32)33-22)13-7-10-23(27)29-3/h5-6,8-9,11-12,14-15H,4,7,10,13,16H2,1-3H3/b22-15-. The minimum atomic E-state index is -0.302. The van der Waals surface area contributed by atoms with Gasteiger partial charge in [-0.2, -0.15) is 0 Å². The molecule has 1 amide bonds. The van der Waals surface area contributed by atoms with E-state index in [1.165, 1.54) is 29.3 Å². The highest BCUT2D eigenvalue weighted by Crippen LogP contribution is 2.35. The number of amides is 1. The number of methoxy groups -OCH3 is 1. The normalized spacial score (nSPS) is 14.6. The fourth-order valence-corrected chi connectivity index (χ4v) is 4.57. The Balaban J connectivity index is 1.71. The van der Waals surface area contributed by atoms with Gasteiger partial charge < -0.3 is 14.2 Å². The molecule has 0 unspecified atom stereocenters. The van der Waals surface area contributed by atoms with E-state index in [1.807, 2.05) is 43.3 Å². The van der Waals surface area contributed by atoms with Crippen molar-refractivity contribution in [3.8, 4) is 11.5 Å². The van der Waals surface area contributed by atoms with E-state index in [4.69, 9.17) is 21.7 Å². The number of thiocarbonyl (C=S) groups is 1. The predicted molar refractivity (Wildman–Crippen MR) is 134 cm³/mol. The molecule has 1 heterocycles. The van der Waals surface area contributed by atoms with Crippen LogP contribution in [-0.2, 0) is 20.9 Å². The molecule has 174 valence electrons. The maximum absolute atomic E-state index is 12.8. The van der Waals surface area contributed by atoms with Crippen molar-refractivity contribution in [3.05, 3.63) is 64.1 Å². The molecule has 1 aliphatic rings. The average Bonchev–Trinajstić information content (AvgIpc) is 3.07. The first-order chi connectivity index (χ1) is 15.9. The summed E-state index contributed by atoms with van der Waals surface area (Å²) in [6, 6.07) is 13.7. The minimum absolute atomic E-state index is 0.160. The molecule has 3 rings (SSSR count). The fourth-order valence-electron chi connectivity index (χ4n) is 3.26. The number of hydrogen-bond donors (Lipinski definition) is 0. The first-order valence-corrected chi connectivity index (χ1v) is 11.9. The number of nitrogens with zero attached hydrogens (tertiary/aromatic N) is 1. The second-order valence-corrected chi connectivity index (χ2v) is 9.04. The predicted octanol–water partition coefficient (Wildman–Crippen LogP) is 5.13. The highest BCUT2D eigenvalue weighted by atomic mass is 32.2. The Bertz CT molecular complexity index is 1070. The molecule has 0 saturated carbocycles. The highest BCUT2D eigenvalue weighted by molar-refractivity contribution is 8.26.